The molecule has 1 aliphatic rings. The van der Waals surface area contributed by atoms with Crippen molar-refractivity contribution in [3.8, 4) is 34.7 Å². The van der Waals surface area contributed by atoms with Crippen molar-refractivity contribution in [2.45, 2.75) is 5.92 Å². The Morgan fingerprint density at radius 2 is 1.82 bits per heavy atom. The van der Waals surface area contributed by atoms with Gasteiger partial charge in [0.25, 0.3) is 0 Å². The van der Waals surface area contributed by atoms with E-state index in [1.165, 1.54) is 0 Å². The van der Waals surface area contributed by atoms with Gasteiger partial charge in [-0.3, -0.25) is 5.10 Å². The number of hydrogen-bond donors (Lipinski definition) is 2. The predicted octanol–water partition coefficient (Wildman–Crippen LogP) is 3.31. The van der Waals surface area contributed by atoms with Crippen molar-refractivity contribution in [2.24, 2.45) is 5.73 Å². The standard InChI is InChI=1S/C21H18N4O3/c1-26-14-7-3-5-12(9-14)17-16(11-22)20(23)28-21-18(17)19(24-25-21)13-6-4-8-15(10-13)27-2/h3-10,17H,23H2,1-2H3,(H,24,25)/t17-/m0/s1. The summed E-state index contributed by atoms with van der Waals surface area (Å²) >= 11 is 0. The molecule has 140 valence electrons. The van der Waals surface area contributed by atoms with E-state index >= 15 is 0 Å². The number of rotatable bonds is 4. The van der Waals surface area contributed by atoms with Crippen LogP contribution < -0.4 is 19.9 Å². The van der Waals surface area contributed by atoms with Gasteiger partial charge in [0.15, 0.2) is 0 Å². The zero-order valence-corrected chi connectivity index (χ0v) is 15.4. The van der Waals surface area contributed by atoms with Gasteiger partial charge in [-0.15, -0.1) is 5.10 Å². The Morgan fingerprint density at radius 3 is 2.54 bits per heavy atom. The SMILES string of the molecule is COc1cccc(-c2[nH]nc3c2[C@@H](c2cccc(OC)c2)C(C#N)=C(N)O3)c1. The van der Waals surface area contributed by atoms with Gasteiger partial charge in [-0.1, -0.05) is 24.3 Å². The normalized spacial score (nSPS) is 15.4. The van der Waals surface area contributed by atoms with Crippen LogP contribution in [0.15, 0.2) is 60.0 Å². The minimum absolute atomic E-state index is 0.0477. The molecule has 0 fully saturated rings. The lowest BCUT2D eigenvalue weighted by Gasteiger charge is -2.24. The highest BCUT2D eigenvalue weighted by molar-refractivity contribution is 5.71. The summed E-state index contributed by atoms with van der Waals surface area (Å²) in [7, 11) is 3.21. The largest absolute Gasteiger partial charge is 0.497 e. The van der Waals surface area contributed by atoms with E-state index in [1.807, 2.05) is 48.5 Å². The topological polar surface area (TPSA) is 106 Å². The fourth-order valence-corrected chi connectivity index (χ4v) is 3.40. The zero-order chi connectivity index (χ0) is 19.7. The number of nitrogens with one attached hydrogen (secondary N) is 1. The summed E-state index contributed by atoms with van der Waals surface area (Å²) in [6, 6.07) is 17.3. The Labute approximate surface area is 162 Å². The van der Waals surface area contributed by atoms with Crippen molar-refractivity contribution in [1.29, 1.82) is 5.26 Å². The number of nitriles is 1. The molecular formula is C21H18N4O3. The molecule has 1 atom stereocenters. The summed E-state index contributed by atoms with van der Waals surface area (Å²) in [5.41, 5.74) is 9.55. The molecule has 7 heteroatoms. The van der Waals surface area contributed by atoms with Crippen LogP contribution in [0, 0.1) is 11.3 Å². The number of nitrogens with two attached hydrogens (primary N) is 1. The first kappa shape index (κ1) is 17.5. The molecule has 3 aromatic rings. The molecular weight excluding hydrogens is 356 g/mol. The van der Waals surface area contributed by atoms with Gasteiger partial charge in [0.2, 0.25) is 11.8 Å². The van der Waals surface area contributed by atoms with E-state index in [4.69, 9.17) is 19.9 Å². The summed E-state index contributed by atoms with van der Waals surface area (Å²) in [6.45, 7) is 0. The first-order chi connectivity index (χ1) is 13.7. The van der Waals surface area contributed by atoms with Gasteiger partial charge in [-0.25, -0.2) is 0 Å². The summed E-state index contributed by atoms with van der Waals surface area (Å²) in [5, 5.41) is 17.1. The van der Waals surface area contributed by atoms with Gasteiger partial charge >= 0.3 is 0 Å². The van der Waals surface area contributed by atoms with Crippen LogP contribution in [0.3, 0.4) is 0 Å². The minimum Gasteiger partial charge on any atom is -0.497 e. The molecule has 0 aliphatic carbocycles. The maximum Gasteiger partial charge on any atom is 0.244 e. The Bertz CT molecular complexity index is 1110. The maximum absolute atomic E-state index is 9.78. The van der Waals surface area contributed by atoms with Crippen molar-refractivity contribution in [1.82, 2.24) is 10.2 Å². The number of fused-ring (bicyclic) bond motifs is 1. The predicted molar refractivity (Wildman–Crippen MR) is 103 cm³/mol. The molecule has 1 aliphatic heterocycles. The molecule has 1 aromatic heterocycles. The van der Waals surface area contributed by atoms with E-state index in [9.17, 15) is 5.26 Å². The highest BCUT2D eigenvalue weighted by Gasteiger charge is 2.35. The smallest absolute Gasteiger partial charge is 0.244 e. The second-order valence-electron chi connectivity index (χ2n) is 6.25. The average Bonchev–Trinajstić information content (AvgIpc) is 3.16. The van der Waals surface area contributed by atoms with Gasteiger partial charge in [0.1, 0.15) is 23.1 Å². The van der Waals surface area contributed by atoms with E-state index in [0.29, 0.717) is 23.0 Å². The molecule has 3 N–H and O–H groups in total. The van der Waals surface area contributed by atoms with Crippen LogP contribution in [0.25, 0.3) is 11.3 Å². The number of ether oxygens (including phenoxy) is 3. The van der Waals surface area contributed by atoms with Crippen molar-refractivity contribution in [2.75, 3.05) is 14.2 Å². The molecule has 0 saturated carbocycles. The first-order valence-corrected chi connectivity index (χ1v) is 8.60. The van der Waals surface area contributed by atoms with Crippen molar-refractivity contribution in [3.63, 3.8) is 0 Å². The van der Waals surface area contributed by atoms with Gasteiger partial charge in [-0.2, -0.15) is 5.26 Å². The van der Waals surface area contributed by atoms with Crippen LogP contribution in [-0.4, -0.2) is 24.4 Å². The van der Waals surface area contributed by atoms with Crippen LogP contribution in [0.2, 0.25) is 0 Å². The van der Waals surface area contributed by atoms with Crippen LogP contribution in [-0.2, 0) is 0 Å². The molecule has 4 rings (SSSR count). The number of H-pyrrole nitrogens is 1. The molecule has 0 saturated heterocycles. The van der Waals surface area contributed by atoms with Crippen molar-refractivity contribution < 1.29 is 14.2 Å². The molecule has 28 heavy (non-hydrogen) atoms. The van der Waals surface area contributed by atoms with Gasteiger partial charge in [0, 0.05) is 5.56 Å². The van der Waals surface area contributed by atoms with Crippen molar-refractivity contribution >= 4 is 0 Å². The van der Waals surface area contributed by atoms with Crippen LogP contribution in [0.4, 0.5) is 0 Å². The molecule has 0 unspecified atom stereocenters. The van der Waals surface area contributed by atoms with Crippen LogP contribution in [0.5, 0.6) is 17.4 Å². The summed E-state index contributed by atoms with van der Waals surface area (Å²) in [4.78, 5) is 0. The molecule has 0 spiro atoms. The fourth-order valence-electron chi connectivity index (χ4n) is 3.40. The van der Waals surface area contributed by atoms with E-state index < -0.39 is 5.92 Å². The number of aromatic amines is 1. The van der Waals surface area contributed by atoms with E-state index in [-0.39, 0.29) is 5.88 Å². The maximum atomic E-state index is 9.78. The third-order valence-corrected chi connectivity index (χ3v) is 4.72. The average molecular weight is 374 g/mol. The van der Waals surface area contributed by atoms with Crippen LogP contribution in [0.1, 0.15) is 17.0 Å². The summed E-state index contributed by atoms with van der Waals surface area (Å²) < 4.78 is 16.3. The monoisotopic (exact) mass is 374 g/mol. The second-order valence-corrected chi connectivity index (χ2v) is 6.25. The third-order valence-electron chi connectivity index (χ3n) is 4.72. The third kappa shape index (κ3) is 2.81. The number of aromatic nitrogens is 2. The van der Waals surface area contributed by atoms with E-state index in [2.05, 4.69) is 16.3 Å². The lowest BCUT2D eigenvalue weighted by Crippen LogP contribution is -2.21. The molecule has 7 nitrogen and oxygen atoms in total. The van der Waals surface area contributed by atoms with E-state index in [0.717, 1.165) is 22.4 Å². The molecule has 2 heterocycles. The minimum atomic E-state index is -0.441. The van der Waals surface area contributed by atoms with Crippen molar-refractivity contribution in [3.05, 3.63) is 71.1 Å². The Kier molecular flexibility index (Phi) is 4.38. The number of nitrogens with zero attached hydrogens (tertiary/aromatic N) is 2. The number of methoxy groups -OCH3 is 2. The quantitative estimate of drug-likeness (QED) is 0.726. The first-order valence-electron chi connectivity index (χ1n) is 8.60. The Hall–Kier alpha value is -3.92. The molecule has 0 amide bonds. The fraction of sp³-hybridized carbons (Fsp3) is 0.143. The lowest BCUT2D eigenvalue weighted by molar-refractivity contribution is 0.378. The van der Waals surface area contributed by atoms with Gasteiger partial charge < -0.3 is 19.9 Å². The molecule has 2 aromatic carbocycles. The van der Waals surface area contributed by atoms with Gasteiger partial charge in [0.05, 0.1) is 31.4 Å². The highest BCUT2D eigenvalue weighted by Crippen LogP contribution is 2.46. The Morgan fingerprint density at radius 1 is 1.11 bits per heavy atom. The lowest BCUT2D eigenvalue weighted by atomic mass is 9.83. The summed E-state index contributed by atoms with van der Waals surface area (Å²) in [5.74, 6) is 1.36. The van der Waals surface area contributed by atoms with Crippen LogP contribution >= 0.6 is 0 Å². The molecule has 0 bridgehead atoms. The summed E-state index contributed by atoms with van der Waals surface area (Å²) in [6.07, 6.45) is 0. The second kappa shape index (κ2) is 7.00. The van der Waals surface area contributed by atoms with E-state index in [1.54, 1.807) is 14.2 Å². The highest BCUT2D eigenvalue weighted by atomic mass is 16.5. The number of hydrogen-bond acceptors (Lipinski definition) is 6. The zero-order valence-electron chi connectivity index (χ0n) is 15.4. The number of benzene rings is 2. The molecule has 0 radical (unpaired) electrons. The van der Waals surface area contributed by atoms with Gasteiger partial charge in [-0.05, 0) is 29.8 Å². The Balaban J connectivity index is 1.94. The number of allylic oxidation sites excluding steroid dienone is 1.